The minimum absolute atomic E-state index is 0. The van der Waals surface area contributed by atoms with Crippen molar-refractivity contribution in [1.82, 2.24) is 0 Å². The molecule has 2 aliphatic carbocycles. The summed E-state index contributed by atoms with van der Waals surface area (Å²) in [6.07, 6.45) is 16.7. The molecule has 0 atom stereocenters. The predicted octanol–water partition coefficient (Wildman–Crippen LogP) is -2.85. The molecule has 0 nitrogen and oxygen atoms in total. The molecule has 0 aliphatic heterocycles. The van der Waals surface area contributed by atoms with Crippen LogP contribution in [0, 0.1) is 0 Å². The molecule has 0 saturated heterocycles. The van der Waals surface area contributed by atoms with Crippen LogP contribution in [0.4, 0.5) is 0 Å². The summed E-state index contributed by atoms with van der Waals surface area (Å²) in [4.78, 5) is 0. The van der Waals surface area contributed by atoms with Crippen LogP contribution in [0.5, 0.6) is 0 Å². The molecule has 0 fully saturated rings. The fourth-order valence-electron chi connectivity index (χ4n) is 1.54. The summed E-state index contributed by atoms with van der Waals surface area (Å²) in [7, 11) is 0. The Morgan fingerprint density at radius 1 is 0.857 bits per heavy atom. The minimum atomic E-state index is 0. The largest absolute Gasteiger partial charge is 2.00 e. The monoisotopic (exact) mass is 578 g/mol. The molecular weight excluding hydrogens is 564 g/mol. The first-order chi connectivity index (χ1) is 5.45. The maximum Gasteiger partial charge on any atom is 2.00 e. The van der Waals surface area contributed by atoms with Crippen molar-refractivity contribution in [1.29, 1.82) is 0 Å². The van der Waals surface area contributed by atoms with E-state index in [0.29, 0.717) is 0 Å². The van der Waals surface area contributed by atoms with Crippen molar-refractivity contribution in [2.24, 2.45) is 0 Å². The van der Waals surface area contributed by atoms with Gasteiger partial charge in [0.1, 0.15) is 0 Å². The molecule has 0 aromatic heterocycles. The normalized spacial score (nSPS) is 16.3. The quantitative estimate of drug-likeness (QED) is 0.246. The van der Waals surface area contributed by atoms with Gasteiger partial charge in [0.05, 0.1) is 0 Å². The van der Waals surface area contributed by atoms with E-state index in [1.165, 1.54) is 6.42 Å². The SMILES string of the molecule is C1=CCC(CC2=CC=CC2)=C1.[Hf+2].[I-].[I-]. The number of allylic oxidation sites excluding steroid dienone is 8. The first-order valence-corrected chi connectivity index (χ1v) is 4.14. The van der Waals surface area contributed by atoms with E-state index in [9.17, 15) is 0 Å². The van der Waals surface area contributed by atoms with E-state index in [-0.39, 0.29) is 73.8 Å². The Morgan fingerprint density at radius 2 is 1.29 bits per heavy atom. The third-order valence-corrected chi connectivity index (χ3v) is 2.15. The second-order valence-electron chi connectivity index (χ2n) is 3.09. The Hall–Kier alpha value is 1.29. The summed E-state index contributed by atoms with van der Waals surface area (Å²) in [5.74, 6) is 0. The van der Waals surface area contributed by atoms with Crippen LogP contribution in [-0.4, -0.2) is 0 Å². The predicted molar refractivity (Wildman–Crippen MR) is 48.3 cm³/mol. The zero-order valence-electron chi connectivity index (χ0n) is 7.84. The van der Waals surface area contributed by atoms with Crippen molar-refractivity contribution in [3.63, 3.8) is 0 Å². The van der Waals surface area contributed by atoms with E-state index in [4.69, 9.17) is 0 Å². The van der Waals surface area contributed by atoms with E-state index < -0.39 is 0 Å². The van der Waals surface area contributed by atoms with Crippen molar-refractivity contribution < 1.29 is 73.8 Å². The molecule has 14 heavy (non-hydrogen) atoms. The Bertz CT molecular complexity index is 247. The number of halogens is 2. The van der Waals surface area contributed by atoms with Crippen molar-refractivity contribution in [3.05, 3.63) is 47.6 Å². The number of hydrogen-bond acceptors (Lipinski definition) is 0. The first-order valence-electron chi connectivity index (χ1n) is 4.14. The van der Waals surface area contributed by atoms with E-state index in [1.54, 1.807) is 11.1 Å². The van der Waals surface area contributed by atoms with Crippen LogP contribution >= 0.6 is 0 Å². The zero-order chi connectivity index (χ0) is 7.52. The summed E-state index contributed by atoms with van der Waals surface area (Å²) >= 11 is 0. The molecule has 2 aliphatic rings. The second kappa shape index (κ2) is 9.51. The zero-order valence-corrected chi connectivity index (χ0v) is 15.7. The molecule has 3 heteroatoms. The average Bonchev–Trinajstić information content (AvgIpc) is 2.60. The molecule has 0 radical (unpaired) electrons. The van der Waals surface area contributed by atoms with E-state index >= 15 is 0 Å². The van der Waals surface area contributed by atoms with Crippen molar-refractivity contribution in [2.75, 3.05) is 0 Å². The fraction of sp³-hybridized carbons (Fsp3) is 0.273. The minimum Gasteiger partial charge on any atom is -1.00 e. The van der Waals surface area contributed by atoms with Crippen LogP contribution in [-0.2, 0) is 25.8 Å². The van der Waals surface area contributed by atoms with Crippen LogP contribution in [0.2, 0.25) is 0 Å². The Morgan fingerprint density at radius 3 is 1.57 bits per heavy atom. The molecule has 0 unspecified atom stereocenters. The Balaban J connectivity index is 0. The van der Waals surface area contributed by atoms with Gasteiger partial charge in [-0.15, -0.1) is 0 Å². The summed E-state index contributed by atoms with van der Waals surface area (Å²) in [6, 6.07) is 0. The van der Waals surface area contributed by atoms with Gasteiger partial charge in [-0.1, -0.05) is 47.6 Å². The Labute approximate surface area is 139 Å². The molecule has 0 heterocycles. The van der Waals surface area contributed by atoms with Gasteiger partial charge in [0.2, 0.25) is 0 Å². The van der Waals surface area contributed by atoms with Gasteiger partial charge >= 0.3 is 25.8 Å². The van der Waals surface area contributed by atoms with Crippen LogP contribution in [0.25, 0.3) is 0 Å². The van der Waals surface area contributed by atoms with Gasteiger partial charge in [0.15, 0.2) is 0 Å². The summed E-state index contributed by atoms with van der Waals surface area (Å²) in [5, 5.41) is 0. The topological polar surface area (TPSA) is 0 Å². The third-order valence-electron chi connectivity index (χ3n) is 2.15. The van der Waals surface area contributed by atoms with E-state index in [0.717, 1.165) is 12.8 Å². The first kappa shape index (κ1) is 17.7. The molecule has 0 amide bonds. The summed E-state index contributed by atoms with van der Waals surface area (Å²) in [6.45, 7) is 0. The molecule has 0 saturated carbocycles. The summed E-state index contributed by atoms with van der Waals surface area (Å²) in [5.41, 5.74) is 3.11. The van der Waals surface area contributed by atoms with Crippen LogP contribution in [0.3, 0.4) is 0 Å². The smallest absolute Gasteiger partial charge is 1.00 e. The van der Waals surface area contributed by atoms with Gasteiger partial charge in [-0.25, -0.2) is 0 Å². The number of rotatable bonds is 2. The van der Waals surface area contributed by atoms with E-state index in [2.05, 4.69) is 36.5 Å². The molecule has 0 aromatic carbocycles. The molecular formula is C11H12HfI2. The maximum atomic E-state index is 2.24. The molecule has 0 bridgehead atoms. The van der Waals surface area contributed by atoms with Crippen LogP contribution in [0.1, 0.15) is 19.3 Å². The standard InChI is InChI=1S/C11H12.Hf.2HI/c1-2-6-10(5-1)9-11-7-3-4-8-11;;;/h1-5,7H,6,8-9H2;;2*1H/q;+2;;/p-2. The fourth-order valence-corrected chi connectivity index (χ4v) is 1.54. The molecule has 0 N–H and O–H groups in total. The van der Waals surface area contributed by atoms with Gasteiger partial charge in [-0.3, -0.25) is 0 Å². The van der Waals surface area contributed by atoms with Crippen molar-refractivity contribution in [3.8, 4) is 0 Å². The van der Waals surface area contributed by atoms with Gasteiger partial charge in [-0.2, -0.15) is 0 Å². The molecule has 0 spiro atoms. The van der Waals surface area contributed by atoms with E-state index in [1.807, 2.05) is 0 Å². The Kier molecular flexibility index (Phi) is 12.0. The molecule has 2 rings (SSSR count). The van der Waals surface area contributed by atoms with Crippen molar-refractivity contribution in [2.45, 2.75) is 19.3 Å². The van der Waals surface area contributed by atoms with Crippen LogP contribution in [0.15, 0.2) is 47.6 Å². The van der Waals surface area contributed by atoms with Gasteiger partial charge in [0.25, 0.3) is 0 Å². The molecule has 74 valence electrons. The van der Waals surface area contributed by atoms with Crippen LogP contribution < -0.4 is 48.0 Å². The second-order valence-corrected chi connectivity index (χ2v) is 3.09. The maximum absolute atomic E-state index is 2.24. The molecule has 0 aromatic rings. The third kappa shape index (κ3) is 5.39. The summed E-state index contributed by atoms with van der Waals surface area (Å²) < 4.78 is 0. The van der Waals surface area contributed by atoms with Gasteiger partial charge in [0, 0.05) is 0 Å². The number of hydrogen-bond donors (Lipinski definition) is 0. The average molecular weight is 577 g/mol. The van der Waals surface area contributed by atoms with Crippen molar-refractivity contribution >= 4 is 0 Å². The van der Waals surface area contributed by atoms with Gasteiger partial charge in [-0.05, 0) is 19.3 Å². The van der Waals surface area contributed by atoms with Gasteiger partial charge < -0.3 is 48.0 Å².